The Labute approximate surface area is 132 Å². The molecule has 0 radical (unpaired) electrons. The number of thioether (sulfide) groups is 1. The second-order valence-corrected chi connectivity index (χ2v) is 12.3. The Morgan fingerprint density at radius 2 is 1.76 bits per heavy atom. The van der Waals surface area contributed by atoms with Crippen LogP contribution in [0.3, 0.4) is 0 Å². The van der Waals surface area contributed by atoms with Crippen LogP contribution in [0.4, 0.5) is 0 Å². The lowest BCUT2D eigenvalue weighted by Gasteiger charge is -2.35. The van der Waals surface area contributed by atoms with E-state index in [1.54, 1.807) is 18.2 Å². The van der Waals surface area contributed by atoms with Crippen molar-refractivity contribution in [2.75, 3.05) is 0 Å². The van der Waals surface area contributed by atoms with Gasteiger partial charge in [0.2, 0.25) is 0 Å². The van der Waals surface area contributed by atoms with Gasteiger partial charge >= 0.3 is 5.97 Å². The first kappa shape index (κ1) is 18.0. The van der Waals surface area contributed by atoms with E-state index >= 15 is 0 Å². The molecule has 0 aliphatic rings. The van der Waals surface area contributed by atoms with Gasteiger partial charge in [0.15, 0.2) is 5.12 Å². The van der Waals surface area contributed by atoms with Crippen molar-refractivity contribution in [1.29, 1.82) is 0 Å². The lowest BCUT2D eigenvalue weighted by Crippen LogP contribution is -2.42. The van der Waals surface area contributed by atoms with Crippen LogP contribution in [0, 0.1) is 0 Å². The van der Waals surface area contributed by atoms with E-state index in [0.717, 1.165) is 11.8 Å². The van der Waals surface area contributed by atoms with Crippen LogP contribution in [0.15, 0.2) is 29.2 Å². The van der Waals surface area contributed by atoms with Gasteiger partial charge in [-0.1, -0.05) is 51.6 Å². The zero-order valence-electron chi connectivity index (χ0n) is 13.6. The normalized spacial score (nSPS) is 12.1. The molecule has 0 spiro atoms. The molecule has 0 saturated carbocycles. The molecule has 3 nitrogen and oxygen atoms in total. The van der Waals surface area contributed by atoms with Crippen LogP contribution in [0.25, 0.3) is 0 Å². The largest absolute Gasteiger partial charge is 0.516 e. The highest BCUT2D eigenvalue weighted by atomic mass is 32.2. The SMILES string of the molecule is CCC(=O)Sc1ccccc1C(=O)O[Si](C)(C)C(C)(C)C. The van der Waals surface area contributed by atoms with Crippen LogP contribution in [0.2, 0.25) is 18.1 Å². The fraction of sp³-hybridized carbons (Fsp3) is 0.500. The first-order chi connectivity index (χ1) is 9.58. The summed E-state index contributed by atoms with van der Waals surface area (Å²) in [7, 11) is -2.17. The minimum absolute atomic E-state index is 0.0377. The van der Waals surface area contributed by atoms with Gasteiger partial charge in [-0.15, -0.1) is 0 Å². The molecule has 5 heteroatoms. The van der Waals surface area contributed by atoms with Crippen LogP contribution >= 0.6 is 11.8 Å². The number of carbonyl (C=O) groups excluding carboxylic acids is 2. The lowest BCUT2D eigenvalue weighted by atomic mass is 10.2. The highest BCUT2D eigenvalue weighted by Gasteiger charge is 2.40. The third kappa shape index (κ3) is 4.71. The third-order valence-electron chi connectivity index (χ3n) is 3.77. The molecule has 0 N–H and O–H groups in total. The molecule has 0 aliphatic carbocycles. The molecule has 0 atom stereocenters. The van der Waals surface area contributed by atoms with E-state index in [4.69, 9.17) is 4.43 Å². The molecule has 1 aromatic rings. The Balaban J connectivity index is 3.01. The molecule has 0 aliphatic heterocycles. The van der Waals surface area contributed by atoms with E-state index in [9.17, 15) is 9.59 Å². The van der Waals surface area contributed by atoms with Gasteiger partial charge < -0.3 is 4.43 Å². The maximum atomic E-state index is 12.5. The van der Waals surface area contributed by atoms with Crippen molar-refractivity contribution in [2.24, 2.45) is 0 Å². The van der Waals surface area contributed by atoms with Crippen molar-refractivity contribution < 1.29 is 14.0 Å². The molecule has 0 aromatic heterocycles. The first-order valence-electron chi connectivity index (χ1n) is 7.11. The van der Waals surface area contributed by atoms with E-state index in [0.29, 0.717) is 16.9 Å². The summed E-state index contributed by atoms with van der Waals surface area (Å²) in [5, 5.41) is 0.00634. The molecule has 0 amide bonds. The smallest absolute Gasteiger partial charge is 0.325 e. The van der Waals surface area contributed by atoms with Crippen molar-refractivity contribution in [3.8, 4) is 0 Å². The van der Waals surface area contributed by atoms with Crippen molar-refractivity contribution in [1.82, 2.24) is 0 Å². The number of rotatable bonds is 4. The van der Waals surface area contributed by atoms with E-state index < -0.39 is 8.32 Å². The molecular weight excluding hydrogens is 300 g/mol. The number of carbonyl (C=O) groups is 2. The molecular formula is C16H24O3SSi. The molecule has 21 heavy (non-hydrogen) atoms. The van der Waals surface area contributed by atoms with Crippen LogP contribution in [0.5, 0.6) is 0 Å². The van der Waals surface area contributed by atoms with E-state index in [2.05, 4.69) is 20.8 Å². The van der Waals surface area contributed by atoms with Gasteiger partial charge in [0.25, 0.3) is 8.32 Å². The van der Waals surface area contributed by atoms with Crippen molar-refractivity contribution in [2.45, 2.75) is 57.1 Å². The van der Waals surface area contributed by atoms with Gasteiger partial charge in [0.1, 0.15) is 0 Å². The van der Waals surface area contributed by atoms with Gasteiger partial charge in [-0.2, -0.15) is 0 Å². The van der Waals surface area contributed by atoms with Crippen LogP contribution < -0.4 is 0 Å². The fourth-order valence-corrected chi connectivity index (χ4v) is 3.04. The zero-order valence-corrected chi connectivity index (χ0v) is 15.5. The third-order valence-corrected chi connectivity index (χ3v) is 9.17. The average molecular weight is 325 g/mol. The summed E-state index contributed by atoms with van der Waals surface area (Å²) in [6.45, 7) is 12.2. The monoisotopic (exact) mass is 324 g/mol. The molecule has 116 valence electrons. The topological polar surface area (TPSA) is 43.4 Å². The Morgan fingerprint density at radius 1 is 1.19 bits per heavy atom. The maximum Gasteiger partial charge on any atom is 0.325 e. The molecule has 0 bridgehead atoms. The lowest BCUT2D eigenvalue weighted by molar-refractivity contribution is -0.110. The minimum atomic E-state index is -2.17. The van der Waals surface area contributed by atoms with Crippen LogP contribution in [-0.4, -0.2) is 19.4 Å². The summed E-state index contributed by atoms with van der Waals surface area (Å²) in [5.41, 5.74) is 0.481. The molecule has 0 fully saturated rings. The van der Waals surface area contributed by atoms with Crippen LogP contribution in [0.1, 0.15) is 44.5 Å². The number of benzene rings is 1. The molecule has 1 rings (SSSR count). The van der Waals surface area contributed by atoms with Gasteiger partial charge in [0, 0.05) is 11.3 Å². The zero-order chi connectivity index (χ0) is 16.3. The average Bonchev–Trinajstić information content (AvgIpc) is 2.37. The second-order valence-electron chi connectivity index (χ2n) is 6.47. The predicted octanol–water partition coefficient (Wildman–Crippen LogP) is 4.88. The highest BCUT2D eigenvalue weighted by Crippen LogP contribution is 2.37. The minimum Gasteiger partial charge on any atom is -0.516 e. The number of hydrogen-bond acceptors (Lipinski definition) is 4. The summed E-state index contributed by atoms with van der Waals surface area (Å²) in [5.74, 6) is -0.325. The molecule has 1 aromatic carbocycles. The molecule has 0 saturated heterocycles. The standard InChI is InChI=1S/C16H24O3SSi/c1-7-14(17)20-13-11-9-8-10-12(13)15(18)19-21(5,6)16(2,3)4/h8-11H,7H2,1-6H3. The van der Waals surface area contributed by atoms with Gasteiger partial charge in [-0.3, -0.25) is 4.79 Å². The Kier molecular flexibility index (Phi) is 5.81. The van der Waals surface area contributed by atoms with Gasteiger partial charge in [-0.05, 0) is 30.3 Å². The van der Waals surface area contributed by atoms with Crippen molar-refractivity contribution in [3.63, 3.8) is 0 Å². The van der Waals surface area contributed by atoms with Gasteiger partial charge in [-0.25, -0.2) is 4.79 Å². The van der Waals surface area contributed by atoms with E-state index in [1.807, 2.05) is 26.1 Å². The molecule has 0 heterocycles. The summed E-state index contributed by atoms with van der Waals surface area (Å²) in [4.78, 5) is 24.8. The quantitative estimate of drug-likeness (QED) is 0.585. The summed E-state index contributed by atoms with van der Waals surface area (Å²) < 4.78 is 5.82. The van der Waals surface area contributed by atoms with E-state index in [1.165, 1.54) is 0 Å². The first-order valence-corrected chi connectivity index (χ1v) is 10.8. The van der Waals surface area contributed by atoms with Crippen molar-refractivity contribution >= 4 is 31.2 Å². The number of hydrogen-bond donors (Lipinski definition) is 0. The van der Waals surface area contributed by atoms with Crippen molar-refractivity contribution in [3.05, 3.63) is 29.8 Å². The van der Waals surface area contributed by atoms with Gasteiger partial charge in [0.05, 0.1) is 5.56 Å². The predicted molar refractivity (Wildman–Crippen MR) is 90.2 cm³/mol. The maximum absolute atomic E-state index is 12.5. The Morgan fingerprint density at radius 3 is 2.29 bits per heavy atom. The Hall–Kier alpha value is -1.07. The second kappa shape index (κ2) is 6.79. The fourth-order valence-electron chi connectivity index (χ4n) is 1.36. The summed E-state index contributed by atoms with van der Waals surface area (Å²) >= 11 is 1.11. The van der Waals surface area contributed by atoms with Crippen LogP contribution in [-0.2, 0) is 9.22 Å². The summed E-state index contributed by atoms with van der Waals surface area (Å²) in [6, 6.07) is 7.14. The molecule has 0 unspecified atom stereocenters. The highest BCUT2D eigenvalue weighted by molar-refractivity contribution is 8.13. The Bertz CT molecular complexity index is 533. The summed E-state index contributed by atoms with van der Waals surface area (Å²) in [6.07, 6.45) is 0.441. The van der Waals surface area contributed by atoms with E-state index in [-0.39, 0.29) is 16.1 Å².